The van der Waals surface area contributed by atoms with Crippen LogP contribution in [0, 0.1) is 17.8 Å². The van der Waals surface area contributed by atoms with E-state index in [2.05, 4.69) is 42.9 Å². The Kier molecular flexibility index (Phi) is 8.70. The molecule has 1 aliphatic heterocycles. The van der Waals surface area contributed by atoms with E-state index in [0.717, 1.165) is 6.07 Å². The summed E-state index contributed by atoms with van der Waals surface area (Å²) < 4.78 is 43.2. The van der Waals surface area contributed by atoms with Crippen molar-refractivity contribution in [3.05, 3.63) is 82.8 Å². The van der Waals surface area contributed by atoms with Crippen LogP contribution in [-0.2, 0) is 17.5 Å². The van der Waals surface area contributed by atoms with E-state index in [-0.39, 0.29) is 35.3 Å². The first-order valence-corrected chi connectivity index (χ1v) is 13.6. The third kappa shape index (κ3) is 7.35. The lowest BCUT2D eigenvalue weighted by Gasteiger charge is -2.28. The number of nitrogens with one attached hydrogen (secondary N) is 3. The molecule has 2 amide bonds. The highest BCUT2D eigenvalue weighted by Crippen LogP contribution is 2.33. The van der Waals surface area contributed by atoms with Gasteiger partial charge in [0.1, 0.15) is 11.5 Å². The van der Waals surface area contributed by atoms with Crippen LogP contribution in [-0.4, -0.2) is 62.5 Å². The average Bonchev–Trinajstić information content (AvgIpc) is 3.38. The van der Waals surface area contributed by atoms with Crippen LogP contribution in [0.3, 0.4) is 0 Å². The van der Waals surface area contributed by atoms with Crippen LogP contribution < -0.4 is 16.0 Å². The van der Waals surface area contributed by atoms with Crippen molar-refractivity contribution < 1.29 is 22.8 Å². The fourth-order valence-electron chi connectivity index (χ4n) is 4.43. The molecule has 43 heavy (non-hydrogen) atoms. The first-order chi connectivity index (χ1) is 20.6. The maximum atomic E-state index is 13.9. The van der Waals surface area contributed by atoms with Gasteiger partial charge in [-0.25, -0.2) is 14.5 Å². The highest BCUT2D eigenvalue weighted by molar-refractivity contribution is 6.04. The Bertz CT molecular complexity index is 1720. The molecule has 4 heterocycles. The molecule has 222 valence electrons. The molecule has 1 saturated heterocycles. The number of hydrogen-bond donors (Lipinski definition) is 3. The van der Waals surface area contributed by atoms with Crippen molar-refractivity contribution in [3.8, 4) is 11.8 Å². The molecule has 0 aliphatic carbocycles. The van der Waals surface area contributed by atoms with Crippen molar-refractivity contribution in [2.24, 2.45) is 5.92 Å². The van der Waals surface area contributed by atoms with Gasteiger partial charge >= 0.3 is 6.18 Å². The summed E-state index contributed by atoms with van der Waals surface area (Å²) in [6.07, 6.45) is -1.64. The van der Waals surface area contributed by atoms with Crippen LogP contribution in [0.15, 0.2) is 54.9 Å². The Labute approximate surface area is 245 Å². The number of anilines is 2. The van der Waals surface area contributed by atoms with Crippen molar-refractivity contribution in [1.29, 1.82) is 0 Å². The van der Waals surface area contributed by atoms with Gasteiger partial charge in [-0.15, -0.1) is 5.10 Å². The SMILES string of the molecule is CC(C)C(=O)Nc1ccc2ncc(C#Cc3ccnc(NC(=O)c4ccc(CN5CCNCC5)c(C(F)(F)F)c4)c3)n2n1. The van der Waals surface area contributed by atoms with Gasteiger partial charge in [-0.05, 0) is 47.9 Å². The largest absolute Gasteiger partial charge is 0.416 e. The summed E-state index contributed by atoms with van der Waals surface area (Å²) in [6, 6.07) is 10.1. The predicted molar refractivity (Wildman–Crippen MR) is 154 cm³/mol. The minimum atomic E-state index is -4.61. The molecule has 0 saturated carbocycles. The molecule has 5 rings (SSSR count). The van der Waals surface area contributed by atoms with Crippen LogP contribution in [0.4, 0.5) is 24.8 Å². The van der Waals surface area contributed by atoms with Gasteiger partial charge in [-0.3, -0.25) is 14.5 Å². The number of nitrogens with zero attached hydrogens (tertiary/aromatic N) is 5. The number of carbonyl (C=O) groups excluding carboxylic acids is 2. The van der Waals surface area contributed by atoms with Gasteiger partial charge in [-0.1, -0.05) is 25.8 Å². The monoisotopic (exact) mass is 590 g/mol. The van der Waals surface area contributed by atoms with E-state index in [1.807, 2.05) is 4.90 Å². The number of fused-ring (bicyclic) bond motifs is 1. The molecular weight excluding hydrogens is 561 g/mol. The smallest absolute Gasteiger partial charge is 0.314 e. The normalized spacial score (nSPS) is 13.9. The van der Waals surface area contributed by atoms with Crippen LogP contribution in [0.2, 0.25) is 0 Å². The lowest BCUT2D eigenvalue weighted by atomic mass is 10.0. The van der Waals surface area contributed by atoms with E-state index < -0.39 is 17.6 Å². The van der Waals surface area contributed by atoms with Crippen molar-refractivity contribution in [2.75, 3.05) is 36.8 Å². The first kappa shape index (κ1) is 29.7. The zero-order valence-electron chi connectivity index (χ0n) is 23.5. The summed E-state index contributed by atoms with van der Waals surface area (Å²) in [4.78, 5) is 35.3. The molecule has 1 aliphatic rings. The van der Waals surface area contributed by atoms with Crippen molar-refractivity contribution in [3.63, 3.8) is 0 Å². The molecular formula is C30H29F3N8O2. The number of pyridine rings is 1. The summed E-state index contributed by atoms with van der Waals surface area (Å²) >= 11 is 0. The topological polar surface area (TPSA) is 117 Å². The fourth-order valence-corrected chi connectivity index (χ4v) is 4.43. The highest BCUT2D eigenvalue weighted by atomic mass is 19.4. The quantitative estimate of drug-likeness (QED) is 0.293. The molecule has 0 bridgehead atoms. The lowest BCUT2D eigenvalue weighted by molar-refractivity contribution is -0.138. The average molecular weight is 591 g/mol. The summed E-state index contributed by atoms with van der Waals surface area (Å²) in [6.45, 7) is 6.43. The lowest BCUT2D eigenvalue weighted by Crippen LogP contribution is -2.43. The molecule has 4 aromatic rings. The number of halogens is 3. The summed E-state index contributed by atoms with van der Waals surface area (Å²) in [7, 11) is 0. The number of aromatic nitrogens is 4. The standard InChI is InChI=1S/C30H29F3N8O2/c1-19(2)28(42)37-25-7-8-27-36-17-23(41(27)39-25)6-3-20-9-10-35-26(15-20)38-29(43)21-4-5-22(24(16-21)30(31,32)33)18-40-13-11-34-12-14-40/h4-5,7-10,15-17,19,34H,11-14,18H2,1-2H3,(H,35,38,43)(H,37,39,42). The number of hydrogen-bond acceptors (Lipinski definition) is 7. The van der Waals surface area contributed by atoms with Crippen LogP contribution in [0.1, 0.15) is 46.6 Å². The molecule has 0 unspecified atom stereocenters. The zero-order chi connectivity index (χ0) is 30.6. The molecule has 13 heteroatoms. The van der Waals surface area contributed by atoms with E-state index >= 15 is 0 Å². The van der Waals surface area contributed by atoms with Gasteiger partial charge in [0.05, 0.1) is 11.8 Å². The Morgan fingerprint density at radius 1 is 1.00 bits per heavy atom. The molecule has 0 spiro atoms. The number of benzene rings is 1. The molecule has 0 atom stereocenters. The summed E-state index contributed by atoms with van der Waals surface area (Å²) in [5.74, 6) is 5.30. The second kappa shape index (κ2) is 12.6. The Morgan fingerprint density at radius 2 is 1.79 bits per heavy atom. The van der Waals surface area contributed by atoms with E-state index in [9.17, 15) is 22.8 Å². The summed E-state index contributed by atoms with van der Waals surface area (Å²) in [5.41, 5.74) is 0.640. The van der Waals surface area contributed by atoms with Gasteiger partial charge in [0.15, 0.2) is 11.5 Å². The van der Waals surface area contributed by atoms with Gasteiger partial charge in [0, 0.05) is 56.0 Å². The van der Waals surface area contributed by atoms with Crippen molar-refractivity contribution >= 4 is 29.1 Å². The number of rotatable bonds is 6. The number of amides is 2. The Morgan fingerprint density at radius 3 is 2.53 bits per heavy atom. The number of piperazine rings is 1. The summed E-state index contributed by atoms with van der Waals surface area (Å²) in [5, 5.41) is 12.9. The van der Waals surface area contributed by atoms with Gasteiger partial charge < -0.3 is 16.0 Å². The second-order valence-electron chi connectivity index (χ2n) is 10.3. The fraction of sp³-hybridized carbons (Fsp3) is 0.300. The Hall–Kier alpha value is -4.80. The molecule has 3 aromatic heterocycles. The molecule has 0 radical (unpaired) electrons. The van der Waals surface area contributed by atoms with Crippen LogP contribution in [0.5, 0.6) is 0 Å². The van der Waals surface area contributed by atoms with Gasteiger partial charge in [0.2, 0.25) is 5.91 Å². The maximum absolute atomic E-state index is 13.9. The third-order valence-electron chi connectivity index (χ3n) is 6.76. The van der Waals surface area contributed by atoms with Crippen LogP contribution >= 0.6 is 0 Å². The third-order valence-corrected chi connectivity index (χ3v) is 6.76. The Balaban J connectivity index is 1.32. The van der Waals surface area contributed by atoms with E-state index in [1.165, 1.54) is 35.1 Å². The number of carbonyl (C=O) groups is 2. The molecule has 1 fully saturated rings. The second-order valence-corrected chi connectivity index (χ2v) is 10.3. The maximum Gasteiger partial charge on any atom is 0.416 e. The van der Waals surface area contributed by atoms with E-state index in [4.69, 9.17) is 0 Å². The highest BCUT2D eigenvalue weighted by Gasteiger charge is 2.34. The molecule has 10 nitrogen and oxygen atoms in total. The van der Waals surface area contributed by atoms with Crippen molar-refractivity contribution in [1.82, 2.24) is 29.8 Å². The number of alkyl halides is 3. The van der Waals surface area contributed by atoms with E-state index in [1.54, 1.807) is 32.0 Å². The van der Waals surface area contributed by atoms with Crippen molar-refractivity contribution in [2.45, 2.75) is 26.6 Å². The minimum absolute atomic E-state index is 0.123. The molecule has 1 aromatic carbocycles. The minimum Gasteiger partial charge on any atom is -0.314 e. The zero-order valence-corrected chi connectivity index (χ0v) is 23.5. The van der Waals surface area contributed by atoms with Crippen LogP contribution in [0.25, 0.3) is 5.65 Å². The van der Waals surface area contributed by atoms with E-state index in [0.29, 0.717) is 48.9 Å². The first-order valence-electron chi connectivity index (χ1n) is 13.6. The molecule has 3 N–H and O–H groups in total. The number of imidazole rings is 1. The van der Waals surface area contributed by atoms with Gasteiger partial charge in [-0.2, -0.15) is 13.2 Å². The van der Waals surface area contributed by atoms with Gasteiger partial charge in [0.25, 0.3) is 5.91 Å². The predicted octanol–water partition coefficient (Wildman–Crippen LogP) is 3.79.